The van der Waals surface area contributed by atoms with E-state index in [9.17, 15) is 4.79 Å². The maximum atomic E-state index is 12.0. The van der Waals surface area contributed by atoms with Crippen LogP contribution in [0.5, 0.6) is 0 Å². The summed E-state index contributed by atoms with van der Waals surface area (Å²) in [6, 6.07) is 10.1. The summed E-state index contributed by atoms with van der Waals surface area (Å²) in [5.41, 5.74) is 0.830. The van der Waals surface area contributed by atoms with Gasteiger partial charge in [0.15, 0.2) is 5.78 Å². The van der Waals surface area contributed by atoms with Crippen LogP contribution in [0.3, 0.4) is 0 Å². The average molecular weight is 276 g/mol. The molecule has 0 aliphatic carbocycles. The van der Waals surface area contributed by atoms with E-state index in [1.807, 2.05) is 30.3 Å². The Balaban J connectivity index is 2.36. The molecular formula is C17H28N2O. The Morgan fingerprint density at radius 3 is 2.40 bits per heavy atom. The highest BCUT2D eigenvalue weighted by Gasteiger charge is 2.13. The Morgan fingerprint density at radius 1 is 1.20 bits per heavy atom. The number of Topliss-reactive ketones (excluding diaryl/α,β-unsaturated/α-hetero) is 1. The van der Waals surface area contributed by atoms with Gasteiger partial charge in [-0.15, -0.1) is 0 Å². The lowest BCUT2D eigenvalue weighted by Crippen LogP contribution is -2.40. The van der Waals surface area contributed by atoms with Crippen molar-refractivity contribution in [1.29, 1.82) is 0 Å². The molecule has 1 aromatic rings. The van der Waals surface area contributed by atoms with Crippen molar-refractivity contribution in [2.45, 2.75) is 32.7 Å². The van der Waals surface area contributed by atoms with Gasteiger partial charge in [-0.2, -0.15) is 0 Å². The molecule has 0 amide bonds. The van der Waals surface area contributed by atoms with Crippen molar-refractivity contribution in [3.8, 4) is 0 Å². The van der Waals surface area contributed by atoms with E-state index in [1.165, 1.54) is 0 Å². The maximum Gasteiger partial charge on any atom is 0.162 e. The predicted molar refractivity (Wildman–Crippen MR) is 85.3 cm³/mol. The average Bonchev–Trinajstić information content (AvgIpc) is 2.43. The van der Waals surface area contributed by atoms with Crippen LogP contribution in [0.1, 0.15) is 37.0 Å². The van der Waals surface area contributed by atoms with Crippen molar-refractivity contribution in [1.82, 2.24) is 9.80 Å². The fraction of sp³-hybridized carbons (Fsp3) is 0.588. The highest BCUT2D eigenvalue weighted by molar-refractivity contribution is 5.95. The van der Waals surface area contributed by atoms with E-state index in [4.69, 9.17) is 0 Å². The molecule has 3 heteroatoms. The van der Waals surface area contributed by atoms with E-state index in [1.54, 1.807) is 0 Å². The van der Waals surface area contributed by atoms with Crippen molar-refractivity contribution in [2.75, 3.05) is 33.7 Å². The standard InChI is InChI=1S/C17H28N2O/c1-5-19(15(2)14-18(3)4)13-9-12-17(20)16-10-7-6-8-11-16/h6-8,10-11,15H,5,9,12-14H2,1-4H3. The Hall–Kier alpha value is -1.19. The first kappa shape index (κ1) is 16.9. The van der Waals surface area contributed by atoms with E-state index < -0.39 is 0 Å². The van der Waals surface area contributed by atoms with Gasteiger partial charge in [0.05, 0.1) is 0 Å². The summed E-state index contributed by atoms with van der Waals surface area (Å²) in [7, 11) is 4.20. The fourth-order valence-electron chi connectivity index (χ4n) is 2.55. The molecule has 20 heavy (non-hydrogen) atoms. The van der Waals surface area contributed by atoms with E-state index in [-0.39, 0.29) is 5.78 Å². The third-order valence-electron chi connectivity index (χ3n) is 3.60. The van der Waals surface area contributed by atoms with Crippen LogP contribution in [0.4, 0.5) is 0 Å². The number of likely N-dealkylation sites (N-methyl/N-ethyl adjacent to an activating group) is 2. The van der Waals surface area contributed by atoms with E-state index in [0.29, 0.717) is 12.5 Å². The van der Waals surface area contributed by atoms with Crippen molar-refractivity contribution >= 4 is 5.78 Å². The zero-order valence-corrected chi connectivity index (χ0v) is 13.3. The number of ketones is 1. The number of hydrogen-bond acceptors (Lipinski definition) is 3. The molecule has 0 saturated carbocycles. The second kappa shape index (κ2) is 8.88. The quantitative estimate of drug-likeness (QED) is 0.648. The highest BCUT2D eigenvalue weighted by atomic mass is 16.1. The molecule has 1 atom stereocenters. The number of benzene rings is 1. The predicted octanol–water partition coefficient (Wildman–Crippen LogP) is 2.92. The zero-order chi connectivity index (χ0) is 15.0. The van der Waals surface area contributed by atoms with Gasteiger partial charge in [0.25, 0.3) is 0 Å². The van der Waals surface area contributed by atoms with Crippen molar-refractivity contribution in [3.63, 3.8) is 0 Å². The number of hydrogen-bond donors (Lipinski definition) is 0. The molecule has 0 saturated heterocycles. The summed E-state index contributed by atoms with van der Waals surface area (Å²) < 4.78 is 0. The normalized spacial score (nSPS) is 12.9. The third-order valence-corrected chi connectivity index (χ3v) is 3.60. The monoisotopic (exact) mass is 276 g/mol. The molecular weight excluding hydrogens is 248 g/mol. The largest absolute Gasteiger partial charge is 0.308 e. The molecule has 0 bridgehead atoms. The van der Waals surface area contributed by atoms with Crippen LogP contribution >= 0.6 is 0 Å². The first-order valence-corrected chi connectivity index (χ1v) is 7.51. The Morgan fingerprint density at radius 2 is 1.85 bits per heavy atom. The van der Waals surface area contributed by atoms with Crippen LogP contribution in [0.2, 0.25) is 0 Å². The maximum absolute atomic E-state index is 12.0. The smallest absolute Gasteiger partial charge is 0.162 e. The van der Waals surface area contributed by atoms with Gasteiger partial charge in [0.2, 0.25) is 0 Å². The SMILES string of the molecule is CCN(CCCC(=O)c1ccccc1)C(C)CN(C)C. The van der Waals surface area contributed by atoms with Crippen LogP contribution in [0, 0.1) is 0 Å². The second-order valence-corrected chi connectivity index (χ2v) is 5.63. The molecule has 3 nitrogen and oxygen atoms in total. The van der Waals surface area contributed by atoms with Gasteiger partial charge in [-0.1, -0.05) is 37.3 Å². The Kier molecular flexibility index (Phi) is 7.48. The minimum Gasteiger partial charge on any atom is -0.308 e. The molecule has 0 aromatic heterocycles. The molecule has 0 aliphatic rings. The molecule has 0 heterocycles. The minimum atomic E-state index is 0.252. The molecule has 112 valence electrons. The van der Waals surface area contributed by atoms with Crippen LogP contribution in [-0.2, 0) is 0 Å². The summed E-state index contributed by atoms with van der Waals surface area (Å²) in [5.74, 6) is 0.252. The van der Waals surface area contributed by atoms with Gasteiger partial charge in [0, 0.05) is 24.6 Å². The lowest BCUT2D eigenvalue weighted by molar-refractivity contribution is 0.0969. The van der Waals surface area contributed by atoms with Crippen molar-refractivity contribution in [2.24, 2.45) is 0 Å². The molecule has 0 N–H and O–H groups in total. The van der Waals surface area contributed by atoms with Gasteiger partial charge in [-0.05, 0) is 40.5 Å². The summed E-state index contributed by atoms with van der Waals surface area (Å²) in [6.07, 6.45) is 1.56. The van der Waals surface area contributed by atoms with Crippen LogP contribution in [0.25, 0.3) is 0 Å². The number of carbonyl (C=O) groups excluding carboxylic acids is 1. The van der Waals surface area contributed by atoms with Crippen LogP contribution in [0.15, 0.2) is 30.3 Å². The van der Waals surface area contributed by atoms with Gasteiger partial charge < -0.3 is 4.90 Å². The Labute approximate surface area is 123 Å². The van der Waals surface area contributed by atoms with Crippen LogP contribution < -0.4 is 0 Å². The zero-order valence-electron chi connectivity index (χ0n) is 13.3. The third kappa shape index (κ3) is 5.85. The molecule has 0 spiro atoms. The first-order chi connectivity index (χ1) is 9.54. The Bertz CT molecular complexity index is 389. The molecule has 1 aromatic carbocycles. The number of rotatable bonds is 9. The molecule has 1 rings (SSSR count). The fourth-order valence-corrected chi connectivity index (χ4v) is 2.55. The van der Waals surface area contributed by atoms with Gasteiger partial charge in [-0.25, -0.2) is 0 Å². The second-order valence-electron chi connectivity index (χ2n) is 5.63. The minimum absolute atomic E-state index is 0.252. The molecule has 0 fully saturated rings. The van der Waals surface area contributed by atoms with E-state index in [0.717, 1.165) is 31.6 Å². The topological polar surface area (TPSA) is 23.6 Å². The summed E-state index contributed by atoms with van der Waals surface area (Å²) in [6.45, 7) is 7.52. The van der Waals surface area contributed by atoms with Gasteiger partial charge >= 0.3 is 0 Å². The lowest BCUT2D eigenvalue weighted by atomic mass is 10.1. The lowest BCUT2D eigenvalue weighted by Gasteiger charge is -2.29. The van der Waals surface area contributed by atoms with E-state index in [2.05, 4.69) is 37.7 Å². The van der Waals surface area contributed by atoms with Gasteiger partial charge in [-0.3, -0.25) is 9.69 Å². The highest BCUT2D eigenvalue weighted by Crippen LogP contribution is 2.08. The van der Waals surface area contributed by atoms with Crippen LogP contribution in [-0.4, -0.2) is 55.4 Å². The van der Waals surface area contributed by atoms with Gasteiger partial charge in [0.1, 0.15) is 0 Å². The summed E-state index contributed by atoms with van der Waals surface area (Å²) >= 11 is 0. The number of nitrogens with zero attached hydrogens (tertiary/aromatic N) is 2. The number of carbonyl (C=O) groups is 1. The summed E-state index contributed by atoms with van der Waals surface area (Å²) in [5, 5.41) is 0. The molecule has 0 radical (unpaired) electrons. The first-order valence-electron chi connectivity index (χ1n) is 7.51. The molecule has 0 aliphatic heterocycles. The van der Waals surface area contributed by atoms with Crippen molar-refractivity contribution in [3.05, 3.63) is 35.9 Å². The summed E-state index contributed by atoms with van der Waals surface area (Å²) in [4.78, 5) is 16.7. The molecule has 1 unspecified atom stereocenters. The van der Waals surface area contributed by atoms with Crippen molar-refractivity contribution < 1.29 is 4.79 Å². The van der Waals surface area contributed by atoms with E-state index >= 15 is 0 Å².